The van der Waals surface area contributed by atoms with Gasteiger partial charge < -0.3 is 9.47 Å². The summed E-state index contributed by atoms with van der Waals surface area (Å²) in [4.78, 5) is 12.8. The van der Waals surface area contributed by atoms with E-state index in [2.05, 4.69) is 19.1 Å². The van der Waals surface area contributed by atoms with E-state index in [9.17, 15) is 4.79 Å². The van der Waals surface area contributed by atoms with Crippen molar-refractivity contribution in [2.45, 2.75) is 122 Å². The fraction of sp³-hybridized carbons (Fsp3) is 0.774. The molecule has 3 nitrogen and oxygen atoms in total. The Bertz CT molecular complexity index is 718. The van der Waals surface area contributed by atoms with Crippen molar-refractivity contribution in [3.8, 4) is 5.75 Å². The molecule has 4 rings (SSSR count). The van der Waals surface area contributed by atoms with E-state index in [1.165, 1.54) is 82.6 Å². The molecule has 3 aliphatic carbocycles. The topological polar surface area (TPSA) is 35.5 Å². The average Bonchev–Trinajstić information content (AvgIpc) is 2.90. The van der Waals surface area contributed by atoms with E-state index in [0.717, 1.165) is 43.4 Å². The van der Waals surface area contributed by atoms with E-state index in [-0.39, 0.29) is 11.9 Å². The standard InChI is InChI=1S/C31H48O3/c1-3-4-5-6-23-7-9-24(10-8-23)25-11-13-28(14-12-25)31(32)34-30-21-17-27(18-22-30)26-15-19-29(33-2)20-16-26/h17-18,21-26,28-29H,3-16,19-20H2,1-2H3. The molecule has 0 bridgehead atoms. The van der Waals surface area contributed by atoms with Gasteiger partial charge in [-0.25, -0.2) is 0 Å². The largest absolute Gasteiger partial charge is 0.426 e. The number of carbonyl (C=O) groups is 1. The van der Waals surface area contributed by atoms with Crippen LogP contribution in [0.1, 0.15) is 121 Å². The van der Waals surface area contributed by atoms with Gasteiger partial charge >= 0.3 is 5.97 Å². The molecule has 3 heteroatoms. The number of unbranched alkanes of at least 4 members (excludes halogenated alkanes) is 2. The number of esters is 1. The Kier molecular flexibility index (Phi) is 9.91. The summed E-state index contributed by atoms with van der Waals surface area (Å²) in [5.74, 6) is 4.14. The number of methoxy groups -OCH3 is 1. The second kappa shape index (κ2) is 13.1. The van der Waals surface area contributed by atoms with Crippen LogP contribution in [0, 0.1) is 23.7 Å². The summed E-state index contributed by atoms with van der Waals surface area (Å²) < 4.78 is 11.3. The van der Waals surface area contributed by atoms with Gasteiger partial charge in [-0.3, -0.25) is 4.79 Å². The molecule has 1 aromatic rings. The zero-order valence-electron chi connectivity index (χ0n) is 21.8. The predicted molar refractivity (Wildman–Crippen MR) is 139 cm³/mol. The maximum Gasteiger partial charge on any atom is 0.314 e. The smallest absolute Gasteiger partial charge is 0.314 e. The first kappa shape index (κ1) is 25.7. The number of ether oxygens (including phenoxy) is 2. The Morgan fingerprint density at radius 3 is 2.00 bits per heavy atom. The normalized spacial score (nSPS) is 32.3. The quantitative estimate of drug-likeness (QED) is 0.207. The fourth-order valence-corrected chi connectivity index (χ4v) is 7.10. The van der Waals surface area contributed by atoms with E-state index >= 15 is 0 Å². The molecule has 0 spiro atoms. The molecule has 190 valence electrons. The van der Waals surface area contributed by atoms with Crippen LogP contribution in [0.5, 0.6) is 5.75 Å². The van der Waals surface area contributed by atoms with Gasteiger partial charge in [-0.1, -0.05) is 57.6 Å². The van der Waals surface area contributed by atoms with E-state index < -0.39 is 0 Å². The second-order valence-corrected chi connectivity index (χ2v) is 11.6. The highest BCUT2D eigenvalue weighted by molar-refractivity contribution is 5.75. The van der Waals surface area contributed by atoms with E-state index in [1.54, 1.807) is 0 Å². The van der Waals surface area contributed by atoms with Crippen molar-refractivity contribution in [3.05, 3.63) is 29.8 Å². The number of hydrogen-bond donors (Lipinski definition) is 0. The lowest BCUT2D eigenvalue weighted by Crippen LogP contribution is -2.30. The zero-order chi connectivity index (χ0) is 23.8. The molecule has 0 aliphatic heterocycles. The second-order valence-electron chi connectivity index (χ2n) is 11.6. The van der Waals surface area contributed by atoms with E-state index in [4.69, 9.17) is 9.47 Å². The van der Waals surface area contributed by atoms with Gasteiger partial charge in [-0.2, -0.15) is 0 Å². The van der Waals surface area contributed by atoms with Crippen molar-refractivity contribution in [1.29, 1.82) is 0 Å². The first-order chi connectivity index (χ1) is 16.7. The third-order valence-corrected chi connectivity index (χ3v) is 9.46. The minimum absolute atomic E-state index is 0.00793. The summed E-state index contributed by atoms with van der Waals surface area (Å²) in [5.41, 5.74) is 1.37. The van der Waals surface area contributed by atoms with Gasteiger partial charge in [0.05, 0.1) is 12.0 Å². The number of rotatable bonds is 9. The molecule has 0 amide bonds. The predicted octanol–water partition coefficient (Wildman–Crippen LogP) is 8.46. The van der Waals surface area contributed by atoms with Crippen LogP contribution < -0.4 is 4.74 Å². The summed E-state index contributed by atoms with van der Waals surface area (Å²) in [6, 6.07) is 8.33. The Balaban J connectivity index is 1.16. The maximum atomic E-state index is 12.8. The van der Waals surface area contributed by atoms with Crippen LogP contribution in [-0.4, -0.2) is 19.2 Å². The van der Waals surface area contributed by atoms with Crippen LogP contribution in [0.25, 0.3) is 0 Å². The lowest BCUT2D eigenvalue weighted by Gasteiger charge is -2.37. The summed E-state index contributed by atoms with van der Waals surface area (Å²) in [5, 5.41) is 0. The number of carbonyl (C=O) groups excluding carboxylic acids is 1. The summed E-state index contributed by atoms with van der Waals surface area (Å²) in [6.45, 7) is 2.30. The van der Waals surface area contributed by atoms with Crippen LogP contribution in [0.4, 0.5) is 0 Å². The van der Waals surface area contributed by atoms with Crippen LogP contribution in [-0.2, 0) is 9.53 Å². The van der Waals surface area contributed by atoms with E-state index in [1.807, 2.05) is 19.2 Å². The molecule has 0 unspecified atom stereocenters. The van der Waals surface area contributed by atoms with Crippen molar-refractivity contribution >= 4 is 5.97 Å². The lowest BCUT2D eigenvalue weighted by molar-refractivity contribution is -0.140. The fourth-order valence-electron chi connectivity index (χ4n) is 7.10. The molecule has 0 saturated heterocycles. The first-order valence-corrected chi connectivity index (χ1v) is 14.5. The molecular formula is C31H48O3. The van der Waals surface area contributed by atoms with Crippen molar-refractivity contribution < 1.29 is 14.3 Å². The molecular weight excluding hydrogens is 420 g/mol. The third-order valence-electron chi connectivity index (χ3n) is 9.46. The van der Waals surface area contributed by atoms with Crippen LogP contribution >= 0.6 is 0 Å². The van der Waals surface area contributed by atoms with Crippen LogP contribution in [0.15, 0.2) is 24.3 Å². The van der Waals surface area contributed by atoms with Gasteiger partial charge in [0.2, 0.25) is 0 Å². The maximum absolute atomic E-state index is 12.8. The van der Waals surface area contributed by atoms with Gasteiger partial charge in [-0.05, 0) is 106 Å². The van der Waals surface area contributed by atoms with Gasteiger partial charge in [0, 0.05) is 7.11 Å². The number of benzene rings is 1. The van der Waals surface area contributed by atoms with Crippen molar-refractivity contribution in [2.75, 3.05) is 7.11 Å². The Morgan fingerprint density at radius 2 is 1.41 bits per heavy atom. The van der Waals surface area contributed by atoms with Crippen molar-refractivity contribution in [2.24, 2.45) is 23.7 Å². The highest BCUT2D eigenvalue weighted by atomic mass is 16.5. The SMILES string of the molecule is CCCCCC1CCC(C2CCC(C(=O)Oc3ccc(C4CCC(OC)CC4)cc3)CC2)CC1. The molecule has 0 radical (unpaired) electrons. The van der Waals surface area contributed by atoms with Crippen molar-refractivity contribution in [3.63, 3.8) is 0 Å². The van der Waals surface area contributed by atoms with Crippen LogP contribution in [0.2, 0.25) is 0 Å². The molecule has 3 aliphatic rings. The molecule has 0 atom stereocenters. The third kappa shape index (κ3) is 7.09. The van der Waals surface area contributed by atoms with Gasteiger partial charge in [0.1, 0.15) is 5.75 Å². The lowest BCUT2D eigenvalue weighted by atomic mass is 9.68. The minimum Gasteiger partial charge on any atom is -0.426 e. The molecule has 1 aromatic carbocycles. The Labute approximate surface area is 208 Å². The Hall–Kier alpha value is -1.35. The van der Waals surface area contributed by atoms with Gasteiger partial charge in [-0.15, -0.1) is 0 Å². The van der Waals surface area contributed by atoms with Crippen molar-refractivity contribution in [1.82, 2.24) is 0 Å². The van der Waals surface area contributed by atoms with Crippen LogP contribution in [0.3, 0.4) is 0 Å². The molecule has 0 aromatic heterocycles. The molecule has 0 N–H and O–H groups in total. The average molecular weight is 469 g/mol. The summed E-state index contributed by atoms with van der Waals surface area (Å²) in [6.07, 6.45) is 20.9. The van der Waals surface area contributed by atoms with Gasteiger partial charge in [0.25, 0.3) is 0 Å². The zero-order valence-corrected chi connectivity index (χ0v) is 21.8. The molecule has 34 heavy (non-hydrogen) atoms. The summed E-state index contributed by atoms with van der Waals surface area (Å²) >= 11 is 0. The summed E-state index contributed by atoms with van der Waals surface area (Å²) in [7, 11) is 1.82. The molecule has 3 fully saturated rings. The molecule has 0 heterocycles. The van der Waals surface area contributed by atoms with E-state index in [0.29, 0.717) is 17.8 Å². The highest BCUT2D eigenvalue weighted by Gasteiger charge is 2.33. The number of hydrogen-bond acceptors (Lipinski definition) is 3. The van der Waals surface area contributed by atoms with Gasteiger partial charge in [0.15, 0.2) is 0 Å². The molecule has 3 saturated carbocycles. The monoisotopic (exact) mass is 468 g/mol. The minimum atomic E-state index is -0.00793. The Morgan fingerprint density at radius 1 is 0.794 bits per heavy atom. The first-order valence-electron chi connectivity index (χ1n) is 14.5. The highest BCUT2D eigenvalue weighted by Crippen LogP contribution is 2.42.